The molecule has 0 saturated carbocycles. The van der Waals surface area contributed by atoms with Crippen LogP contribution in [0.3, 0.4) is 0 Å². The van der Waals surface area contributed by atoms with Crippen molar-refractivity contribution in [1.29, 1.82) is 0 Å². The fourth-order valence-electron chi connectivity index (χ4n) is 2.31. The average Bonchev–Trinajstić information content (AvgIpc) is 2.42. The third-order valence-corrected chi connectivity index (χ3v) is 3.52. The predicted octanol–water partition coefficient (Wildman–Crippen LogP) is 3.69. The number of aryl methyl sites for hydroxylation is 3. The van der Waals surface area contributed by atoms with E-state index in [9.17, 15) is 0 Å². The van der Waals surface area contributed by atoms with Crippen LogP contribution in [0.2, 0.25) is 0 Å². The van der Waals surface area contributed by atoms with Crippen molar-refractivity contribution < 1.29 is 4.74 Å². The van der Waals surface area contributed by atoms with Crippen LogP contribution in [0.5, 0.6) is 5.75 Å². The topological polar surface area (TPSA) is 35.2 Å². The second-order valence-corrected chi connectivity index (χ2v) is 5.37. The van der Waals surface area contributed by atoms with E-state index in [1.807, 2.05) is 6.07 Å². The van der Waals surface area contributed by atoms with Crippen molar-refractivity contribution in [2.75, 3.05) is 6.54 Å². The van der Waals surface area contributed by atoms with Gasteiger partial charge in [-0.25, -0.2) is 0 Å². The first-order valence-electron chi connectivity index (χ1n) is 7.08. The molecule has 106 valence electrons. The molecule has 0 unspecified atom stereocenters. The van der Waals surface area contributed by atoms with E-state index in [0.717, 1.165) is 12.2 Å². The van der Waals surface area contributed by atoms with Crippen LogP contribution in [0.1, 0.15) is 27.8 Å². The highest BCUT2D eigenvalue weighted by Gasteiger charge is 2.05. The minimum absolute atomic E-state index is 0.605. The van der Waals surface area contributed by atoms with Gasteiger partial charge in [-0.05, 0) is 56.5 Å². The van der Waals surface area contributed by atoms with Crippen LogP contribution in [0, 0.1) is 20.8 Å². The van der Waals surface area contributed by atoms with Gasteiger partial charge in [0.05, 0.1) is 0 Å². The molecule has 2 heteroatoms. The van der Waals surface area contributed by atoms with E-state index < -0.39 is 0 Å². The van der Waals surface area contributed by atoms with Crippen LogP contribution in [0.4, 0.5) is 0 Å². The number of benzene rings is 2. The third kappa shape index (κ3) is 3.61. The van der Waals surface area contributed by atoms with Gasteiger partial charge in [0.25, 0.3) is 0 Å². The number of hydrogen-bond donors (Lipinski definition) is 1. The first-order valence-corrected chi connectivity index (χ1v) is 7.08. The van der Waals surface area contributed by atoms with E-state index in [2.05, 4.69) is 51.1 Å². The molecule has 20 heavy (non-hydrogen) atoms. The first kappa shape index (κ1) is 14.6. The third-order valence-electron chi connectivity index (χ3n) is 3.52. The standard InChI is InChI=1S/C18H23NO/c1-13-4-6-15(3)17(11-13)12-20-18-7-5-14(2)10-16(18)8-9-19/h4-7,10-11H,8-9,12,19H2,1-3H3. The number of rotatable bonds is 5. The minimum Gasteiger partial charge on any atom is -0.489 e. The zero-order chi connectivity index (χ0) is 14.5. The Bertz CT molecular complexity index is 590. The van der Waals surface area contributed by atoms with Crippen LogP contribution in [-0.2, 0) is 13.0 Å². The van der Waals surface area contributed by atoms with Crippen LogP contribution in [-0.4, -0.2) is 6.54 Å². The minimum atomic E-state index is 0.605. The molecule has 0 atom stereocenters. The molecule has 2 N–H and O–H groups in total. The van der Waals surface area contributed by atoms with Crippen molar-refractivity contribution in [2.24, 2.45) is 5.73 Å². The smallest absolute Gasteiger partial charge is 0.123 e. The zero-order valence-corrected chi connectivity index (χ0v) is 12.6. The highest BCUT2D eigenvalue weighted by molar-refractivity contribution is 5.38. The van der Waals surface area contributed by atoms with Crippen molar-refractivity contribution in [1.82, 2.24) is 0 Å². The summed E-state index contributed by atoms with van der Waals surface area (Å²) in [7, 11) is 0. The Morgan fingerprint density at radius 2 is 1.55 bits per heavy atom. The van der Waals surface area contributed by atoms with Gasteiger partial charge >= 0.3 is 0 Å². The SMILES string of the molecule is Cc1ccc(C)c(COc2ccc(C)cc2CCN)c1. The number of ether oxygens (including phenoxy) is 1. The van der Waals surface area contributed by atoms with Gasteiger partial charge in [-0.1, -0.05) is 41.5 Å². The van der Waals surface area contributed by atoms with Crippen molar-refractivity contribution in [3.8, 4) is 5.75 Å². The summed E-state index contributed by atoms with van der Waals surface area (Å²) < 4.78 is 6.01. The molecule has 0 saturated heterocycles. The van der Waals surface area contributed by atoms with Crippen LogP contribution in [0.15, 0.2) is 36.4 Å². The van der Waals surface area contributed by atoms with Crippen molar-refractivity contribution in [3.63, 3.8) is 0 Å². The molecule has 0 aromatic heterocycles. The van der Waals surface area contributed by atoms with Gasteiger partial charge in [-0.15, -0.1) is 0 Å². The zero-order valence-electron chi connectivity index (χ0n) is 12.6. The summed E-state index contributed by atoms with van der Waals surface area (Å²) in [5.41, 5.74) is 11.9. The van der Waals surface area contributed by atoms with Gasteiger partial charge in [0.1, 0.15) is 12.4 Å². The lowest BCUT2D eigenvalue weighted by molar-refractivity contribution is 0.302. The predicted molar refractivity (Wildman–Crippen MR) is 84.2 cm³/mol. The summed E-state index contributed by atoms with van der Waals surface area (Å²) >= 11 is 0. The van der Waals surface area contributed by atoms with E-state index in [0.29, 0.717) is 13.2 Å². The van der Waals surface area contributed by atoms with Gasteiger partial charge in [-0.2, -0.15) is 0 Å². The van der Waals surface area contributed by atoms with Crippen LogP contribution in [0.25, 0.3) is 0 Å². The molecule has 0 bridgehead atoms. The highest BCUT2D eigenvalue weighted by atomic mass is 16.5. The molecule has 2 nitrogen and oxygen atoms in total. The summed E-state index contributed by atoms with van der Waals surface area (Å²) in [6.07, 6.45) is 0.851. The Labute approximate surface area is 121 Å². The largest absolute Gasteiger partial charge is 0.489 e. The normalized spacial score (nSPS) is 10.6. The highest BCUT2D eigenvalue weighted by Crippen LogP contribution is 2.22. The monoisotopic (exact) mass is 269 g/mol. The molecule has 0 radical (unpaired) electrons. The Morgan fingerprint density at radius 3 is 2.25 bits per heavy atom. The molecule has 0 fully saturated rings. The molecule has 0 aliphatic rings. The summed E-state index contributed by atoms with van der Waals surface area (Å²) in [5, 5.41) is 0. The Morgan fingerprint density at radius 1 is 0.900 bits per heavy atom. The first-order chi connectivity index (χ1) is 9.60. The molecule has 0 aliphatic heterocycles. The Balaban J connectivity index is 2.16. The second-order valence-electron chi connectivity index (χ2n) is 5.37. The fourth-order valence-corrected chi connectivity index (χ4v) is 2.31. The van der Waals surface area contributed by atoms with Gasteiger partial charge in [0.15, 0.2) is 0 Å². The van der Waals surface area contributed by atoms with Crippen molar-refractivity contribution in [2.45, 2.75) is 33.8 Å². The molecule has 0 spiro atoms. The van der Waals surface area contributed by atoms with Gasteiger partial charge < -0.3 is 10.5 Å². The lowest BCUT2D eigenvalue weighted by Crippen LogP contribution is -2.06. The quantitative estimate of drug-likeness (QED) is 0.898. The van der Waals surface area contributed by atoms with E-state index in [4.69, 9.17) is 10.5 Å². The number of hydrogen-bond acceptors (Lipinski definition) is 2. The van der Waals surface area contributed by atoms with E-state index >= 15 is 0 Å². The lowest BCUT2D eigenvalue weighted by Gasteiger charge is -2.13. The van der Waals surface area contributed by atoms with Gasteiger partial charge in [0.2, 0.25) is 0 Å². The summed E-state index contributed by atoms with van der Waals surface area (Å²) in [6, 6.07) is 12.7. The molecular weight excluding hydrogens is 246 g/mol. The van der Waals surface area contributed by atoms with Gasteiger partial charge in [0, 0.05) is 0 Å². The lowest BCUT2D eigenvalue weighted by atomic mass is 10.1. The molecule has 2 aromatic carbocycles. The van der Waals surface area contributed by atoms with Crippen molar-refractivity contribution in [3.05, 3.63) is 64.2 Å². The maximum atomic E-state index is 6.01. The maximum absolute atomic E-state index is 6.01. The molecule has 2 rings (SSSR count). The summed E-state index contributed by atoms with van der Waals surface area (Å²) in [6.45, 7) is 7.56. The van der Waals surface area contributed by atoms with Crippen LogP contribution >= 0.6 is 0 Å². The summed E-state index contributed by atoms with van der Waals surface area (Å²) in [4.78, 5) is 0. The number of nitrogens with two attached hydrogens (primary N) is 1. The maximum Gasteiger partial charge on any atom is 0.123 e. The average molecular weight is 269 g/mol. The van der Waals surface area contributed by atoms with E-state index in [-0.39, 0.29) is 0 Å². The summed E-state index contributed by atoms with van der Waals surface area (Å²) in [5.74, 6) is 0.946. The molecule has 0 heterocycles. The van der Waals surface area contributed by atoms with Crippen molar-refractivity contribution >= 4 is 0 Å². The molecular formula is C18H23NO. The fraction of sp³-hybridized carbons (Fsp3) is 0.333. The van der Waals surface area contributed by atoms with Gasteiger partial charge in [-0.3, -0.25) is 0 Å². The molecule has 0 amide bonds. The second kappa shape index (κ2) is 6.58. The molecule has 0 aliphatic carbocycles. The Kier molecular flexibility index (Phi) is 4.80. The molecule has 2 aromatic rings. The van der Waals surface area contributed by atoms with Crippen LogP contribution < -0.4 is 10.5 Å². The van der Waals surface area contributed by atoms with E-state index in [1.54, 1.807) is 0 Å². The van der Waals surface area contributed by atoms with E-state index in [1.165, 1.54) is 27.8 Å². The Hall–Kier alpha value is -1.80.